The number of pyridine rings is 1. The van der Waals surface area contributed by atoms with E-state index in [0.717, 1.165) is 54.4 Å². The minimum Gasteiger partial charge on any atom is -0.497 e. The monoisotopic (exact) mass is 534 g/mol. The van der Waals surface area contributed by atoms with Gasteiger partial charge in [0, 0.05) is 47.7 Å². The van der Waals surface area contributed by atoms with Gasteiger partial charge in [0.05, 0.1) is 23.8 Å². The van der Waals surface area contributed by atoms with Crippen LogP contribution in [-0.4, -0.2) is 63.8 Å². The number of aliphatic hydroxyl groups is 1. The first kappa shape index (κ1) is 27.5. The molecule has 6 nitrogen and oxygen atoms in total. The van der Waals surface area contributed by atoms with Crippen molar-refractivity contribution in [3.05, 3.63) is 35.0 Å². The lowest BCUT2D eigenvalue weighted by Crippen LogP contribution is -2.42. The summed E-state index contributed by atoms with van der Waals surface area (Å²) in [7, 11) is 1.61. The van der Waals surface area contributed by atoms with Gasteiger partial charge in [-0.3, -0.25) is 9.78 Å². The number of aliphatic hydroxyl groups excluding tert-OH is 1. The lowest BCUT2D eigenvalue weighted by atomic mass is 9.79. The van der Waals surface area contributed by atoms with E-state index in [4.69, 9.17) is 16.3 Å². The summed E-state index contributed by atoms with van der Waals surface area (Å²) in [6.07, 6.45) is 10.1. The Morgan fingerprint density at radius 1 is 1.25 bits per heavy atom. The summed E-state index contributed by atoms with van der Waals surface area (Å²) in [6.45, 7) is 2.86. The molecule has 2 unspecified atom stereocenters. The van der Waals surface area contributed by atoms with Crippen LogP contribution < -0.4 is 4.74 Å². The van der Waals surface area contributed by atoms with Crippen LogP contribution in [0, 0.1) is 11.8 Å². The van der Waals surface area contributed by atoms with E-state index in [1.54, 1.807) is 13.3 Å². The molecule has 2 fully saturated rings. The summed E-state index contributed by atoms with van der Waals surface area (Å²) in [4.78, 5) is 18.5. The SMILES string of the molecule is COc1ccc2ncc(Cl)c([C@H](O)CCC3CCN(CCSC4CCCCC4)CC3CC(=O)O)c2c1. The van der Waals surface area contributed by atoms with E-state index in [0.29, 0.717) is 22.8 Å². The van der Waals surface area contributed by atoms with Crippen LogP contribution in [0.2, 0.25) is 5.02 Å². The minimum absolute atomic E-state index is 0.105. The number of hydrogen-bond acceptors (Lipinski definition) is 6. The van der Waals surface area contributed by atoms with Crippen LogP contribution in [0.25, 0.3) is 10.9 Å². The molecule has 1 aliphatic heterocycles. The van der Waals surface area contributed by atoms with Crippen molar-refractivity contribution in [2.75, 3.05) is 32.5 Å². The molecular formula is C28H39ClN2O4S. The smallest absolute Gasteiger partial charge is 0.303 e. The fourth-order valence-corrected chi connectivity index (χ4v) is 7.56. The van der Waals surface area contributed by atoms with E-state index in [9.17, 15) is 15.0 Å². The fourth-order valence-electron chi connectivity index (χ4n) is 5.92. The zero-order valence-electron chi connectivity index (χ0n) is 21.2. The van der Waals surface area contributed by atoms with Crippen LogP contribution in [0.3, 0.4) is 0 Å². The number of nitrogens with zero attached hydrogens (tertiary/aromatic N) is 2. The van der Waals surface area contributed by atoms with Gasteiger partial charge in [-0.15, -0.1) is 0 Å². The van der Waals surface area contributed by atoms with Gasteiger partial charge in [-0.2, -0.15) is 11.8 Å². The maximum absolute atomic E-state index is 11.6. The Labute approximate surface area is 223 Å². The number of fused-ring (bicyclic) bond motifs is 1. The zero-order valence-corrected chi connectivity index (χ0v) is 22.8. The molecule has 1 aromatic carbocycles. The molecule has 1 aliphatic carbocycles. The standard InChI is InChI=1S/C28H39ClN2O4S/c1-35-21-8-9-25-23(16-21)28(24(29)17-30-25)26(32)10-7-19-11-12-31(18-20(19)15-27(33)34)13-14-36-22-5-3-2-4-6-22/h8-9,16-17,19-20,22,26,32H,2-7,10-15,18H2,1H3,(H,33,34)/t19?,20?,26-/m1/s1. The van der Waals surface area contributed by atoms with Crippen molar-refractivity contribution in [1.82, 2.24) is 9.88 Å². The van der Waals surface area contributed by atoms with E-state index in [-0.39, 0.29) is 18.3 Å². The zero-order chi connectivity index (χ0) is 25.5. The number of carboxylic acid groups (broad SMARTS) is 1. The summed E-state index contributed by atoms with van der Waals surface area (Å²) in [6, 6.07) is 5.58. The molecule has 2 aliphatic rings. The summed E-state index contributed by atoms with van der Waals surface area (Å²) in [5.41, 5.74) is 1.44. The van der Waals surface area contributed by atoms with Crippen LogP contribution in [0.1, 0.15) is 69.5 Å². The molecule has 2 N–H and O–H groups in total. The molecule has 1 aromatic heterocycles. The average molecular weight is 535 g/mol. The Balaban J connectivity index is 1.35. The van der Waals surface area contributed by atoms with Crippen LogP contribution in [-0.2, 0) is 4.79 Å². The Hall–Kier alpha value is -1.54. The number of carbonyl (C=O) groups is 1. The number of likely N-dealkylation sites (tertiary alicyclic amines) is 1. The molecule has 0 amide bonds. The lowest BCUT2D eigenvalue weighted by Gasteiger charge is -2.38. The number of carboxylic acids is 1. The molecule has 4 rings (SSSR count). The number of piperidine rings is 1. The van der Waals surface area contributed by atoms with Crippen LogP contribution in [0.4, 0.5) is 0 Å². The molecule has 1 saturated carbocycles. The van der Waals surface area contributed by atoms with Gasteiger partial charge in [0.25, 0.3) is 0 Å². The number of aromatic nitrogens is 1. The van der Waals surface area contributed by atoms with Gasteiger partial charge >= 0.3 is 5.97 Å². The van der Waals surface area contributed by atoms with Crippen molar-refractivity contribution in [1.29, 1.82) is 0 Å². The Morgan fingerprint density at radius 2 is 2.06 bits per heavy atom. The molecule has 3 atom stereocenters. The largest absolute Gasteiger partial charge is 0.497 e. The highest BCUT2D eigenvalue weighted by molar-refractivity contribution is 7.99. The van der Waals surface area contributed by atoms with E-state index in [1.165, 1.54) is 32.1 Å². The summed E-state index contributed by atoms with van der Waals surface area (Å²) >= 11 is 8.59. The minimum atomic E-state index is -0.745. The molecular weight excluding hydrogens is 496 g/mol. The number of halogens is 1. The van der Waals surface area contributed by atoms with Crippen LogP contribution in [0.5, 0.6) is 5.75 Å². The van der Waals surface area contributed by atoms with E-state index >= 15 is 0 Å². The quantitative estimate of drug-likeness (QED) is 0.355. The number of methoxy groups -OCH3 is 1. The third-order valence-electron chi connectivity index (χ3n) is 7.94. The number of ether oxygens (including phenoxy) is 1. The van der Waals surface area contributed by atoms with Crippen molar-refractivity contribution in [3.63, 3.8) is 0 Å². The second-order valence-electron chi connectivity index (χ2n) is 10.3. The van der Waals surface area contributed by atoms with Crippen LogP contribution >= 0.6 is 23.4 Å². The molecule has 1 saturated heterocycles. The lowest BCUT2D eigenvalue weighted by molar-refractivity contribution is -0.139. The van der Waals surface area contributed by atoms with Crippen molar-refractivity contribution >= 4 is 40.2 Å². The highest BCUT2D eigenvalue weighted by Crippen LogP contribution is 2.37. The number of rotatable bonds is 11. The Morgan fingerprint density at radius 3 is 2.81 bits per heavy atom. The molecule has 8 heteroatoms. The first-order chi connectivity index (χ1) is 17.4. The molecule has 0 radical (unpaired) electrons. The van der Waals surface area contributed by atoms with E-state index < -0.39 is 12.1 Å². The van der Waals surface area contributed by atoms with Crippen molar-refractivity contribution in [2.45, 2.75) is 69.1 Å². The molecule has 0 spiro atoms. The van der Waals surface area contributed by atoms with Crippen molar-refractivity contribution in [2.24, 2.45) is 11.8 Å². The fraction of sp³-hybridized carbons (Fsp3) is 0.643. The highest BCUT2D eigenvalue weighted by atomic mass is 35.5. The Kier molecular flexibility index (Phi) is 10.2. The summed E-state index contributed by atoms with van der Waals surface area (Å²) in [5, 5.41) is 22.8. The summed E-state index contributed by atoms with van der Waals surface area (Å²) < 4.78 is 5.36. The number of hydrogen-bond donors (Lipinski definition) is 2. The van der Waals surface area contributed by atoms with Crippen molar-refractivity contribution < 1.29 is 19.7 Å². The van der Waals surface area contributed by atoms with Crippen molar-refractivity contribution in [3.8, 4) is 5.75 Å². The van der Waals surface area contributed by atoms with Gasteiger partial charge in [-0.05, 0) is 68.7 Å². The third kappa shape index (κ3) is 7.27. The van der Waals surface area contributed by atoms with Gasteiger partial charge in [0.15, 0.2) is 0 Å². The predicted octanol–water partition coefficient (Wildman–Crippen LogP) is 6.19. The van der Waals surface area contributed by atoms with E-state index in [2.05, 4.69) is 21.6 Å². The normalized spacial score (nSPS) is 22.5. The van der Waals surface area contributed by atoms with Gasteiger partial charge < -0.3 is 19.8 Å². The van der Waals surface area contributed by atoms with Gasteiger partial charge in [0.2, 0.25) is 0 Å². The molecule has 198 valence electrons. The number of aliphatic carboxylic acids is 1. The average Bonchev–Trinajstić information content (AvgIpc) is 2.88. The number of thioether (sulfide) groups is 1. The third-order valence-corrected chi connectivity index (χ3v) is 9.60. The topological polar surface area (TPSA) is 82.9 Å². The second kappa shape index (κ2) is 13.3. The first-order valence-electron chi connectivity index (χ1n) is 13.3. The van der Waals surface area contributed by atoms with Gasteiger partial charge in [-0.25, -0.2) is 0 Å². The predicted molar refractivity (Wildman–Crippen MR) is 147 cm³/mol. The van der Waals surface area contributed by atoms with E-state index in [1.807, 2.05) is 18.2 Å². The van der Waals surface area contributed by atoms with Gasteiger partial charge in [0.1, 0.15) is 5.75 Å². The molecule has 0 bridgehead atoms. The molecule has 36 heavy (non-hydrogen) atoms. The maximum Gasteiger partial charge on any atom is 0.303 e. The molecule has 2 aromatic rings. The maximum atomic E-state index is 11.6. The van der Waals surface area contributed by atoms with Crippen LogP contribution in [0.15, 0.2) is 24.4 Å². The first-order valence-corrected chi connectivity index (χ1v) is 14.7. The second-order valence-corrected chi connectivity index (χ2v) is 12.1. The highest BCUT2D eigenvalue weighted by Gasteiger charge is 2.31. The number of benzene rings is 1. The Bertz CT molecular complexity index is 1020. The molecule has 2 heterocycles. The van der Waals surface area contributed by atoms with Gasteiger partial charge in [-0.1, -0.05) is 30.9 Å². The summed E-state index contributed by atoms with van der Waals surface area (Å²) in [5.74, 6) is 1.47.